The van der Waals surface area contributed by atoms with Crippen molar-refractivity contribution in [1.29, 1.82) is 5.26 Å². The fraction of sp³-hybridized carbons (Fsp3) is 0.158. The van der Waals surface area contributed by atoms with Gasteiger partial charge in [0.1, 0.15) is 17.5 Å². The van der Waals surface area contributed by atoms with Crippen LogP contribution in [0.1, 0.15) is 11.1 Å². The first-order chi connectivity index (χ1) is 13.8. The van der Waals surface area contributed by atoms with Gasteiger partial charge in [0.2, 0.25) is 0 Å². The summed E-state index contributed by atoms with van der Waals surface area (Å²) in [5.74, 6) is 0.834. The molecule has 3 N–H and O–H groups in total. The quantitative estimate of drug-likeness (QED) is 0.634. The van der Waals surface area contributed by atoms with Crippen LogP contribution in [0, 0.1) is 18.3 Å². The highest BCUT2D eigenvalue weighted by atomic mass is 32.2. The number of benzene rings is 2. The Bertz CT molecular complexity index is 1210. The van der Waals surface area contributed by atoms with Crippen LogP contribution in [0.5, 0.6) is 11.5 Å². The summed E-state index contributed by atoms with van der Waals surface area (Å²) in [4.78, 5) is 0.0381. The van der Waals surface area contributed by atoms with E-state index in [0.29, 0.717) is 22.7 Å². The molecule has 3 rings (SSSR count). The van der Waals surface area contributed by atoms with Crippen molar-refractivity contribution in [3.8, 4) is 23.3 Å². The average Bonchev–Trinajstić information content (AvgIpc) is 3.07. The monoisotopic (exact) mass is 413 g/mol. The maximum absolute atomic E-state index is 13.1. The topological polar surface area (TPSA) is 132 Å². The summed E-state index contributed by atoms with van der Waals surface area (Å²) in [5, 5.41) is 13.2. The normalized spacial score (nSPS) is 11.0. The maximum Gasteiger partial charge on any atom is 0.262 e. The molecular formula is C19H19N5O4S. The van der Waals surface area contributed by atoms with Crippen LogP contribution in [-0.2, 0) is 10.0 Å². The van der Waals surface area contributed by atoms with Crippen LogP contribution in [0.25, 0.3) is 5.69 Å². The lowest BCUT2D eigenvalue weighted by molar-refractivity contribution is 0.353. The van der Waals surface area contributed by atoms with E-state index in [2.05, 4.69) is 9.82 Å². The fourth-order valence-corrected chi connectivity index (χ4v) is 4.15. The minimum absolute atomic E-state index is 0.0381. The van der Waals surface area contributed by atoms with Crippen LogP contribution in [0.2, 0.25) is 0 Å². The van der Waals surface area contributed by atoms with E-state index in [1.54, 1.807) is 37.3 Å². The Morgan fingerprint density at radius 1 is 1.17 bits per heavy atom. The van der Waals surface area contributed by atoms with Gasteiger partial charge in [0.15, 0.2) is 11.5 Å². The van der Waals surface area contributed by atoms with Crippen molar-refractivity contribution in [1.82, 2.24) is 9.78 Å². The molecule has 2 aromatic carbocycles. The van der Waals surface area contributed by atoms with Crippen LogP contribution >= 0.6 is 0 Å². The summed E-state index contributed by atoms with van der Waals surface area (Å²) < 4.78 is 40.5. The van der Waals surface area contributed by atoms with Gasteiger partial charge in [-0.1, -0.05) is 12.1 Å². The zero-order valence-electron chi connectivity index (χ0n) is 16.0. The molecule has 0 spiro atoms. The van der Waals surface area contributed by atoms with Crippen LogP contribution in [0.3, 0.4) is 0 Å². The van der Waals surface area contributed by atoms with Gasteiger partial charge in [-0.25, -0.2) is 13.1 Å². The van der Waals surface area contributed by atoms with Gasteiger partial charge in [-0.15, -0.1) is 0 Å². The number of nitrogen functional groups attached to an aromatic ring is 1. The minimum atomic E-state index is -3.98. The van der Waals surface area contributed by atoms with Gasteiger partial charge in [0.05, 0.1) is 36.7 Å². The lowest BCUT2D eigenvalue weighted by Crippen LogP contribution is -2.16. The molecule has 0 amide bonds. The summed E-state index contributed by atoms with van der Waals surface area (Å²) >= 11 is 0. The van der Waals surface area contributed by atoms with Crippen molar-refractivity contribution >= 4 is 21.5 Å². The second-order valence-corrected chi connectivity index (χ2v) is 7.71. The van der Waals surface area contributed by atoms with E-state index in [0.717, 1.165) is 0 Å². The highest BCUT2D eigenvalue weighted by Crippen LogP contribution is 2.34. The third-order valence-electron chi connectivity index (χ3n) is 4.27. The molecule has 1 heterocycles. The number of rotatable bonds is 6. The molecule has 10 heteroatoms. The molecule has 0 aliphatic heterocycles. The van der Waals surface area contributed by atoms with Crippen LogP contribution in [0.15, 0.2) is 47.5 Å². The number of nitrogens with two attached hydrogens (primary N) is 1. The minimum Gasteiger partial charge on any atom is -0.493 e. The molecule has 9 nitrogen and oxygen atoms in total. The van der Waals surface area contributed by atoms with Crippen molar-refractivity contribution in [3.05, 3.63) is 53.7 Å². The molecule has 0 saturated carbocycles. The molecule has 150 valence electrons. The number of ether oxygens (including phenoxy) is 2. The SMILES string of the molecule is COc1cc(C)c(S(=O)(=O)Nc2ccccc2-n2ncc(C#N)c2N)cc1OC. The first-order valence-electron chi connectivity index (χ1n) is 8.40. The van der Waals surface area contributed by atoms with E-state index in [9.17, 15) is 8.42 Å². The first-order valence-corrected chi connectivity index (χ1v) is 9.89. The largest absolute Gasteiger partial charge is 0.493 e. The Labute approximate surface area is 168 Å². The van der Waals surface area contributed by atoms with Crippen molar-refractivity contribution in [2.75, 3.05) is 24.7 Å². The van der Waals surface area contributed by atoms with Crippen molar-refractivity contribution in [2.24, 2.45) is 0 Å². The van der Waals surface area contributed by atoms with Gasteiger partial charge in [0, 0.05) is 6.07 Å². The lowest BCUT2D eigenvalue weighted by Gasteiger charge is -2.16. The van der Waals surface area contributed by atoms with Crippen molar-refractivity contribution < 1.29 is 17.9 Å². The van der Waals surface area contributed by atoms with Gasteiger partial charge in [-0.3, -0.25) is 4.72 Å². The molecule has 0 bridgehead atoms. The van der Waals surface area contributed by atoms with Crippen LogP contribution < -0.4 is 19.9 Å². The zero-order chi connectivity index (χ0) is 21.2. The van der Waals surface area contributed by atoms with Gasteiger partial charge in [-0.2, -0.15) is 10.4 Å². The Morgan fingerprint density at radius 2 is 1.83 bits per heavy atom. The second-order valence-electron chi connectivity index (χ2n) is 6.06. The number of methoxy groups -OCH3 is 2. The fourth-order valence-electron chi connectivity index (χ4n) is 2.83. The number of hydrogen-bond acceptors (Lipinski definition) is 7. The number of para-hydroxylation sites is 2. The Balaban J connectivity index is 2.07. The Hall–Kier alpha value is -3.71. The summed E-state index contributed by atoms with van der Waals surface area (Å²) in [5.41, 5.74) is 7.26. The number of nitriles is 1. The predicted octanol–water partition coefficient (Wildman–Crippen LogP) is 2.45. The predicted molar refractivity (Wildman–Crippen MR) is 108 cm³/mol. The molecule has 0 aliphatic rings. The number of nitrogens with one attached hydrogen (secondary N) is 1. The van der Waals surface area contributed by atoms with E-state index in [1.165, 1.54) is 31.2 Å². The maximum atomic E-state index is 13.1. The number of anilines is 2. The number of aromatic nitrogens is 2. The summed E-state index contributed by atoms with van der Waals surface area (Å²) in [7, 11) is -1.07. The van der Waals surface area contributed by atoms with E-state index in [-0.39, 0.29) is 22.0 Å². The van der Waals surface area contributed by atoms with E-state index in [4.69, 9.17) is 20.5 Å². The van der Waals surface area contributed by atoms with Crippen LogP contribution in [0.4, 0.5) is 11.5 Å². The molecule has 1 aromatic heterocycles. The van der Waals surface area contributed by atoms with Crippen LogP contribution in [-0.4, -0.2) is 32.4 Å². The summed E-state index contributed by atoms with van der Waals surface area (Å²) in [6, 6.07) is 11.5. The molecule has 0 saturated heterocycles. The highest BCUT2D eigenvalue weighted by molar-refractivity contribution is 7.92. The second kappa shape index (κ2) is 7.73. The lowest BCUT2D eigenvalue weighted by atomic mass is 10.2. The molecular weight excluding hydrogens is 394 g/mol. The molecule has 29 heavy (non-hydrogen) atoms. The molecule has 0 unspecified atom stereocenters. The van der Waals surface area contributed by atoms with Crippen molar-refractivity contribution in [2.45, 2.75) is 11.8 Å². The molecule has 0 fully saturated rings. The highest BCUT2D eigenvalue weighted by Gasteiger charge is 2.22. The summed E-state index contributed by atoms with van der Waals surface area (Å²) in [6.45, 7) is 1.66. The van der Waals surface area contributed by atoms with Gasteiger partial charge in [0.25, 0.3) is 10.0 Å². The van der Waals surface area contributed by atoms with Gasteiger partial charge >= 0.3 is 0 Å². The zero-order valence-corrected chi connectivity index (χ0v) is 16.8. The van der Waals surface area contributed by atoms with Gasteiger partial charge in [-0.05, 0) is 30.7 Å². The third kappa shape index (κ3) is 3.68. The number of aryl methyl sites for hydroxylation is 1. The number of nitrogens with zero attached hydrogens (tertiary/aromatic N) is 3. The average molecular weight is 413 g/mol. The Morgan fingerprint density at radius 3 is 2.45 bits per heavy atom. The standard InChI is InChI=1S/C19H19N5O4S/c1-12-8-16(27-2)17(28-3)9-18(12)29(25,26)23-14-6-4-5-7-15(14)24-19(21)13(10-20)11-22-24/h4-9,11,23H,21H2,1-3H3. The molecule has 3 aromatic rings. The van der Waals surface area contributed by atoms with Gasteiger partial charge < -0.3 is 15.2 Å². The molecule has 0 aliphatic carbocycles. The number of hydrogen-bond donors (Lipinski definition) is 2. The Kier molecular flexibility index (Phi) is 5.34. The van der Waals surface area contributed by atoms with E-state index >= 15 is 0 Å². The molecule has 0 radical (unpaired) electrons. The van der Waals surface area contributed by atoms with Crippen molar-refractivity contribution in [3.63, 3.8) is 0 Å². The third-order valence-corrected chi connectivity index (χ3v) is 5.78. The smallest absolute Gasteiger partial charge is 0.262 e. The molecule has 0 atom stereocenters. The number of sulfonamides is 1. The summed E-state index contributed by atoms with van der Waals surface area (Å²) in [6.07, 6.45) is 1.32. The van der Waals surface area contributed by atoms with E-state index < -0.39 is 10.0 Å². The first kappa shape index (κ1) is 20.0. The van der Waals surface area contributed by atoms with E-state index in [1.807, 2.05) is 6.07 Å².